The Kier molecular flexibility index (Phi) is 3.94. The maximum absolute atomic E-state index is 11.2. The van der Waals surface area contributed by atoms with Crippen LogP contribution in [-0.4, -0.2) is 23.7 Å². The summed E-state index contributed by atoms with van der Waals surface area (Å²) in [6.45, 7) is 0.815. The van der Waals surface area contributed by atoms with Crippen LogP contribution in [0, 0.1) is 16.0 Å². The summed E-state index contributed by atoms with van der Waals surface area (Å²) >= 11 is 3.28. The molecule has 2 aliphatic rings. The molecule has 1 aliphatic heterocycles. The molecule has 1 N–H and O–H groups in total. The SMILES string of the molecule is O=[N+]([O-])c1cc(Br)ccc1NC1CCCC2OCCC12. The van der Waals surface area contributed by atoms with Gasteiger partial charge in [0, 0.05) is 29.1 Å². The van der Waals surface area contributed by atoms with Gasteiger partial charge in [0.15, 0.2) is 0 Å². The van der Waals surface area contributed by atoms with Crippen molar-refractivity contribution in [2.24, 2.45) is 5.92 Å². The van der Waals surface area contributed by atoms with Crippen LogP contribution in [0.25, 0.3) is 0 Å². The highest BCUT2D eigenvalue weighted by Gasteiger charge is 2.38. The fraction of sp³-hybridized carbons (Fsp3) is 0.571. The highest BCUT2D eigenvalue weighted by molar-refractivity contribution is 9.10. The molecule has 3 atom stereocenters. The monoisotopic (exact) mass is 340 g/mol. The van der Waals surface area contributed by atoms with Crippen molar-refractivity contribution in [3.63, 3.8) is 0 Å². The number of nitro groups is 1. The van der Waals surface area contributed by atoms with E-state index >= 15 is 0 Å². The summed E-state index contributed by atoms with van der Waals surface area (Å²) in [4.78, 5) is 10.8. The van der Waals surface area contributed by atoms with E-state index in [0.717, 1.165) is 36.8 Å². The van der Waals surface area contributed by atoms with Crippen molar-refractivity contribution >= 4 is 27.3 Å². The molecule has 20 heavy (non-hydrogen) atoms. The molecule has 0 amide bonds. The van der Waals surface area contributed by atoms with Gasteiger partial charge in [-0.05, 0) is 37.8 Å². The third-order valence-electron chi connectivity index (χ3n) is 4.28. The minimum Gasteiger partial charge on any atom is -0.378 e. The zero-order chi connectivity index (χ0) is 14.1. The fourth-order valence-electron chi connectivity index (χ4n) is 3.33. The second kappa shape index (κ2) is 5.69. The molecule has 108 valence electrons. The van der Waals surface area contributed by atoms with Gasteiger partial charge in [-0.25, -0.2) is 0 Å². The molecule has 1 saturated carbocycles. The third kappa shape index (κ3) is 2.67. The highest BCUT2D eigenvalue weighted by Crippen LogP contribution is 2.37. The predicted octanol–water partition coefficient (Wildman–Crippen LogP) is 3.73. The molecule has 0 bridgehead atoms. The van der Waals surface area contributed by atoms with E-state index in [0.29, 0.717) is 17.7 Å². The van der Waals surface area contributed by atoms with E-state index in [-0.39, 0.29) is 16.7 Å². The lowest BCUT2D eigenvalue weighted by atomic mass is 9.81. The summed E-state index contributed by atoms with van der Waals surface area (Å²) in [5.74, 6) is 0.479. The van der Waals surface area contributed by atoms with Crippen LogP contribution in [0.2, 0.25) is 0 Å². The summed E-state index contributed by atoms with van der Waals surface area (Å²) in [5.41, 5.74) is 0.733. The van der Waals surface area contributed by atoms with Gasteiger partial charge in [-0.1, -0.05) is 15.9 Å². The van der Waals surface area contributed by atoms with Crippen LogP contribution < -0.4 is 5.32 Å². The number of benzene rings is 1. The van der Waals surface area contributed by atoms with Crippen LogP contribution in [0.3, 0.4) is 0 Å². The lowest BCUT2D eigenvalue weighted by Crippen LogP contribution is -2.38. The van der Waals surface area contributed by atoms with Crippen LogP contribution in [0.15, 0.2) is 22.7 Å². The summed E-state index contributed by atoms with van der Waals surface area (Å²) in [6.07, 6.45) is 4.66. The quantitative estimate of drug-likeness (QED) is 0.672. The second-order valence-corrected chi connectivity index (χ2v) is 6.38. The number of nitrogens with one attached hydrogen (secondary N) is 1. The number of ether oxygens (including phenoxy) is 1. The van der Waals surface area contributed by atoms with Gasteiger partial charge in [0.1, 0.15) is 5.69 Å². The maximum atomic E-state index is 11.2. The molecular weight excluding hydrogens is 324 g/mol. The van der Waals surface area contributed by atoms with Gasteiger partial charge in [0.2, 0.25) is 0 Å². The van der Waals surface area contributed by atoms with Gasteiger partial charge in [-0.2, -0.15) is 0 Å². The Balaban J connectivity index is 1.82. The van der Waals surface area contributed by atoms with Crippen molar-refractivity contribution in [2.75, 3.05) is 11.9 Å². The van der Waals surface area contributed by atoms with Crippen molar-refractivity contribution in [3.8, 4) is 0 Å². The van der Waals surface area contributed by atoms with Crippen molar-refractivity contribution < 1.29 is 9.66 Å². The second-order valence-electron chi connectivity index (χ2n) is 5.46. The minimum atomic E-state index is -0.335. The standard InChI is InChI=1S/C14H17BrN2O3/c15-9-4-5-12(13(8-9)17(18)19)16-11-2-1-3-14-10(11)6-7-20-14/h4-5,8,10-11,14,16H,1-3,6-7H2. The molecule has 0 radical (unpaired) electrons. The Labute approximate surface area is 126 Å². The smallest absolute Gasteiger partial charge is 0.293 e. The molecule has 0 spiro atoms. The Bertz CT molecular complexity index is 523. The van der Waals surface area contributed by atoms with E-state index in [9.17, 15) is 10.1 Å². The average molecular weight is 341 g/mol. The summed E-state index contributed by atoms with van der Waals surface area (Å²) in [5, 5.41) is 14.6. The first-order valence-electron chi connectivity index (χ1n) is 6.97. The molecule has 2 fully saturated rings. The Morgan fingerprint density at radius 2 is 2.20 bits per heavy atom. The third-order valence-corrected chi connectivity index (χ3v) is 4.77. The van der Waals surface area contributed by atoms with E-state index in [4.69, 9.17) is 4.74 Å². The Morgan fingerprint density at radius 3 is 3.00 bits per heavy atom. The number of halogens is 1. The van der Waals surface area contributed by atoms with Gasteiger partial charge in [0.25, 0.3) is 5.69 Å². The van der Waals surface area contributed by atoms with Gasteiger partial charge in [-0.15, -0.1) is 0 Å². The number of hydrogen-bond acceptors (Lipinski definition) is 4. The molecule has 1 aromatic rings. The molecule has 3 unspecified atom stereocenters. The molecule has 6 heteroatoms. The number of hydrogen-bond donors (Lipinski definition) is 1. The fourth-order valence-corrected chi connectivity index (χ4v) is 3.68. The molecular formula is C14H17BrN2O3. The molecule has 3 rings (SSSR count). The first-order valence-corrected chi connectivity index (χ1v) is 7.76. The summed E-state index contributed by atoms with van der Waals surface area (Å²) < 4.78 is 6.46. The Morgan fingerprint density at radius 1 is 1.35 bits per heavy atom. The predicted molar refractivity (Wildman–Crippen MR) is 79.9 cm³/mol. The van der Waals surface area contributed by atoms with Gasteiger partial charge < -0.3 is 10.1 Å². The zero-order valence-electron chi connectivity index (χ0n) is 11.0. The minimum absolute atomic E-state index is 0.125. The number of nitro benzene ring substituents is 1. The van der Waals surface area contributed by atoms with Crippen LogP contribution in [0.4, 0.5) is 11.4 Å². The molecule has 1 aromatic carbocycles. The number of anilines is 1. The van der Waals surface area contributed by atoms with Crippen LogP contribution in [0.5, 0.6) is 0 Å². The van der Waals surface area contributed by atoms with E-state index in [2.05, 4.69) is 21.2 Å². The van der Waals surface area contributed by atoms with Crippen LogP contribution in [-0.2, 0) is 4.74 Å². The summed E-state index contributed by atoms with van der Waals surface area (Å²) in [6, 6.07) is 5.44. The molecule has 1 aliphatic carbocycles. The normalized spacial score (nSPS) is 28.9. The molecule has 5 nitrogen and oxygen atoms in total. The Hall–Kier alpha value is -1.14. The van der Waals surface area contributed by atoms with Crippen molar-refractivity contribution in [1.29, 1.82) is 0 Å². The highest BCUT2D eigenvalue weighted by atomic mass is 79.9. The van der Waals surface area contributed by atoms with Crippen molar-refractivity contribution in [1.82, 2.24) is 0 Å². The number of rotatable bonds is 3. The average Bonchev–Trinajstić information content (AvgIpc) is 2.90. The van der Waals surface area contributed by atoms with Crippen LogP contribution >= 0.6 is 15.9 Å². The first kappa shape index (κ1) is 13.8. The first-order chi connectivity index (χ1) is 9.65. The van der Waals surface area contributed by atoms with Gasteiger partial charge >= 0.3 is 0 Å². The van der Waals surface area contributed by atoms with E-state index < -0.39 is 0 Å². The van der Waals surface area contributed by atoms with E-state index in [1.165, 1.54) is 0 Å². The number of fused-ring (bicyclic) bond motifs is 1. The lowest BCUT2D eigenvalue weighted by molar-refractivity contribution is -0.384. The zero-order valence-corrected chi connectivity index (χ0v) is 12.6. The van der Waals surface area contributed by atoms with Crippen molar-refractivity contribution in [2.45, 2.75) is 37.8 Å². The van der Waals surface area contributed by atoms with E-state index in [1.54, 1.807) is 12.1 Å². The summed E-state index contributed by atoms with van der Waals surface area (Å²) in [7, 11) is 0. The van der Waals surface area contributed by atoms with Crippen LogP contribution in [0.1, 0.15) is 25.7 Å². The lowest BCUT2D eigenvalue weighted by Gasteiger charge is -2.33. The van der Waals surface area contributed by atoms with Gasteiger partial charge in [-0.3, -0.25) is 10.1 Å². The molecule has 1 heterocycles. The van der Waals surface area contributed by atoms with Gasteiger partial charge in [0.05, 0.1) is 11.0 Å². The topological polar surface area (TPSA) is 64.4 Å². The molecule has 1 saturated heterocycles. The number of nitrogens with zero attached hydrogens (tertiary/aromatic N) is 1. The largest absolute Gasteiger partial charge is 0.378 e. The van der Waals surface area contributed by atoms with Crippen molar-refractivity contribution in [3.05, 3.63) is 32.8 Å². The maximum Gasteiger partial charge on any atom is 0.293 e. The molecule has 0 aromatic heterocycles. The van der Waals surface area contributed by atoms with E-state index in [1.807, 2.05) is 6.07 Å².